The molecule has 0 aromatic heterocycles. The van der Waals surface area contributed by atoms with Gasteiger partial charge in [0.2, 0.25) is 10.0 Å². The summed E-state index contributed by atoms with van der Waals surface area (Å²) in [5.41, 5.74) is 1.20. The van der Waals surface area contributed by atoms with Gasteiger partial charge in [-0.25, -0.2) is 18.0 Å². The summed E-state index contributed by atoms with van der Waals surface area (Å²) in [6, 6.07) is 3.12. The molecule has 28 heavy (non-hydrogen) atoms. The Morgan fingerprint density at radius 2 is 1.75 bits per heavy atom. The van der Waals surface area contributed by atoms with Crippen LogP contribution in [-0.2, 0) is 25.9 Å². The Balaban J connectivity index is 2.10. The van der Waals surface area contributed by atoms with Crippen molar-refractivity contribution >= 4 is 33.5 Å². The first kappa shape index (κ1) is 20.4. The maximum absolute atomic E-state index is 12.6. The van der Waals surface area contributed by atoms with Crippen LogP contribution in [0.25, 0.3) is 0 Å². The molecule has 2 heterocycles. The van der Waals surface area contributed by atoms with Gasteiger partial charge in [-0.1, -0.05) is 0 Å². The monoisotopic (exact) mass is 410 g/mol. The molecule has 1 aromatic carbocycles. The van der Waals surface area contributed by atoms with Gasteiger partial charge in [0.15, 0.2) is 0 Å². The minimum absolute atomic E-state index is 0.0694. The van der Waals surface area contributed by atoms with Crippen LogP contribution in [0, 0.1) is 0 Å². The van der Waals surface area contributed by atoms with E-state index < -0.39 is 27.7 Å². The molecule has 1 saturated heterocycles. The van der Waals surface area contributed by atoms with E-state index in [1.165, 1.54) is 16.3 Å². The van der Waals surface area contributed by atoms with Crippen molar-refractivity contribution in [3.63, 3.8) is 0 Å². The number of sulfonamides is 1. The molecular weight excluding hydrogens is 384 g/mol. The number of hydrogen-bond acceptors (Lipinski definition) is 6. The lowest BCUT2D eigenvalue weighted by Crippen LogP contribution is -2.38. The summed E-state index contributed by atoms with van der Waals surface area (Å²) in [7, 11) is -2.20. The van der Waals surface area contributed by atoms with E-state index in [4.69, 9.17) is 9.47 Å². The number of carbonyl (C=O) groups is 2. The molecule has 2 aliphatic rings. The zero-order valence-corrected chi connectivity index (χ0v) is 17.5. The van der Waals surface area contributed by atoms with Crippen LogP contribution in [0.1, 0.15) is 49.5 Å². The SMILES string of the molecule is COC(=O)c1cc2c(c(N3CCCCS3(=O)=O)c1)CCN2C(=O)OC(C)(C)C. The predicted octanol–water partition coefficient (Wildman–Crippen LogP) is 2.70. The van der Waals surface area contributed by atoms with E-state index >= 15 is 0 Å². The molecule has 1 fully saturated rings. The van der Waals surface area contributed by atoms with Gasteiger partial charge in [0, 0.05) is 18.7 Å². The first-order valence-electron chi connectivity index (χ1n) is 9.29. The van der Waals surface area contributed by atoms with Crippen molar-refractivity contribution in [1.82, 2.24) is 0 Å². The van der Waals surface area contributed by atoms with Gasteiger partial charge in [0.05, 0.1) is 29.8 Å². The maximum Gasteiger partial charge on any atom is 0.414 e. The topological polar surface area (TPSA) is 93.2 Å². The summed E-state index contributed by atoms with van der Waals surface area (Å²) < 4.78 is 36.9. The minimum atomic E-state index is -3.47. The normalized spacial score (nSPS) is 18.6. The number of benzene rings is 1. The van der Waals surface area contributed by atoms with Gasteiger partial charge in [-0.15, -0.1) is 0 Å². The fourth-order valence-electron chi connectivity index (χ4n) is 3.51. The fraction of sp³-hybridized carbons (Fsp3) is 0.579. The number of rotatable bonds is 2. The second kappa shape index (κ2) is 7.27. The summed E-state index contributed by atoms with van der Waals surface area (Å²) >= 11 is 0. The van der Waals surface area contributed by atoms with Gasteiger partial charge in [-0.2, -0.15) is 0 Å². The van der Waals surface area contributed by atoms with Crippen LogP contribution in [0.3, 0.4) is 0 Å². The highest BCUT2D eigenvalue weighted by Crippen LogP contribution is 2.40. The number of amides is 1. The first-order chi connectivity index (χ1) is 13.0. The molecular formula is C19H26N2O6S. The summed E-state index contributed by atoms with van der Waals surface area (Å²) in [5.74, 6) is -0.519. The average Bonchev–Trinajstić information content (AvgIpc) is 3.02. The maximum atomic E-state index is 12.6. The number of nitrogens with zero attached hydrogens (tertiary/aromatic N) is 2. The van der Waals surface area contributed by atoms with E-state index in [1.807, 2.05) is 0 Å². The van der Waals surface area contributed by atoms with Gasteiger partial charge in [-0.3, -0.25) is 9.21 Å². The molecule has 0 bridgehead atoms. The third-order valence-electron chi connectivity index (χ3n) is 4.73. The quantitative estimate of drug-likeness (QED) is 0.696. The Morgan fingerprint density at radius 1 is 1.07 bits per heavy atom. The highest BCUT2D eigenvalue weighted by molar-refractivity contribution is 7.92. The van der Waals surface area contributed by atoms with E-state index in [-0.39, 0.29) is 11.3 Å². The van der Waals surface area contributed by atoms with Crippen LogP contribution in [0.15, 0.2) is 12.1 Å². The molecule has 9 heteroatoms. The molecule has 0 unspecified atom stereocenters. The van der Waals surface area contributed by atoms with Crippen LogP contribution in [-0.4, -0.2) is 52.0 Å². The molecule has 0 atom stereocenters. The average molecular weight is 410 g/mol. The smallest absolute Gasteiger partial charge is 0.414 e. The fourth-order valence-corrected chi connectivity index (χ4v) is 5.17. The van der Waals surface area contributed by atoms with Gasteiger partial charge in [0.25, 0.3) is 0 Å². The first-order valence-corrected chi connectivity index (χ1v) is 10.9. The molecule has 2 aliphatic heterocycles. The van der Waals surface area contributed by atoms with E-state index in [1.54, 1.807) is 32.9 Å². The molecule has 3 rings (SSSR count). The zero-order chi connectivity index (χ0) is 20.7. The van der Waals surface area contributed by atoms with Gasteiger partial charge in [0.1, 0.15) is 5.60 Å². The second-order valence-electron chi connectivity index (χ2n) is 7.96. The van der Waals surface area contributed by atoms with Crippen LogP contribution < -0.4 is 9.21 Å². The third-order valence-corrected chi connectivity index (χ3v) is 6.59. The van der Waals surface area contributed by atoms with Gasteiger partial charge >= 0.3 is 12.1 Å². The van der Waals surface area contributed by atoms with Crippen LogP contribution in [0.5, 0.6) is 0 Å². The summed E-state index contributed by atoms with van der Waals surface area (Å²) in [6.07, 6.45) is 1.31. The predicted molar refractivity (Wildman–Crippen MR) is 105 cm³/mol. The van der Waals surface area contributed by atoms with Crippen molar-refractivity contribution in [3.05, 3.63) is 23.3 Å². The van der Waals surface area contributed by atoms with Crippen molar-refractivity contribution < 1.29 is 27.5 Å². The highest BCUT2D eigenvalue weighted by Gasteiger charge is 2.35. The van der Waals surface area contributed by atoms with Crippen LogP contribution in [0.2, 0.25) is 0 Å². The van der Waals surface area contributed by atoms with Crippen molar-refractivity contribution in [1.29, 1.82) is 0 Å². The highest BCUT2D eigenvalue weighted by atomic mass is 32.2. The number of carbonyl (C=O) groups excluding carboxylic acids is 2. The lowest BCUT2D eigenvalue weighted by atomic mass is 10.1. The number of anilines is 2. The number of esters is 1. The summed E-state index contributed by atoms with van der Waals surface area (Å²) in [5, 5.41) is 0. The van der Waals surface area contributed by atoms with Crippen LogP contribution >= 0.6 is 0 Å². The molecule has 1 aromatic rings. The van der Waals surface area contributed by atoms with Gasteiger partial charge in [-0.05, 0) is 52.2 Å². The Morgan fingerprint density at radius 3 is 2.36 bits per heavy atom. The number of ether oxygens (including phenoxy) is 2. The molecule has 0 saturated carbocycles. The second-order valence-corrected chi connectivity index (χ2v) is 9.97. The van der Waals surface area contributed by atoms with E-state index in [9.17, 15) is 18.0 Å². The molecule has 0 radical (unpaired) electrons. The minimum Gasteiger partial charge on any atom is -0.465 e. The Kier molecular flexibility index (Phi) is 5.31. The van der Waals surface area contributed by atoms with Crippen molar-refractivity contribution in [3.8, 4) is 0 Å². The van der Waals surface area contributed by atoms with Crippen molar-refractivity contribution in [2.24, 2.45) is 0 Å². The van der Waals surface area contributed by atoms with Crippen molar-refractivity contribution in [2.75, 3.05) is 35.2 Å². The molecule has 154 valence electrons. The number of fused-ring (bicyclic) bond motifs is 1. The third kappa shape index (κ3) is 3.94. The summed E-state index contributed by atoms with van der Waals surface area (Å²) in [6.45, 7) is 6.04. The van der Waals surface area contributed by atoms with E-state index in [2.05, 4.69) is 0 Å². The van der Waals surface area contributed by atoms with Crippen LogP contribution in [0.4, 0.5) is 16.2 Å². The Hall–Kier alpha value is -2.29. The number of hydrogen-bond donors (Lipinski definition) is 0. The number of methoxy groups -OCH3 is 1. The zero-order valence-electron chi connectivity index (χ0n) is 16.6. The lowest BCUT2D eigenvalue weighted by molar-refractivity contribution is 0.0576. The Bertz CT molecular complexity index is 904. The largest absolute Gasteiger partial charge is 0.465 e. The van der Waals surface area contributed by atoms with Crippen molar-refractivity contribution in [2.45, 2.75) is 45.6 Å². The molecule has 0 spiro atoms. The lowest BCUT2D eigenvalue weighted by Gasteiger charge is -2.30. The molecule has 0 aliphatic carbocycles. The van der Waals surface area contributed by atoms with E-state index in [0.29, 0.717) is 37.3 Å². The molecule has 0 N–H and O–H groups in total. The standard InChI is InChI=1S/C19H26N2O6S/c1-19(2,3)27-18(23)20-9-7-14-15(20)11-13(17(22)26-4)12-16(14)21-8-5-6-10-28(21,24)25/h11-12H,5-10H2,1-4H3. The molecule has 8 nitrogen and oxygen atoms in total. The van der Waals surface area contributed by atoms with E-state index in [0.717, 1.165) is 12.0 Å². The van der Waals surface area contributed by atoms with Gasteiger partial charge < -0.3 is 9.47 Å². The summed E-state index contributed by atoms with van der Waals surface area (Å²) in [4.78, 5) is 26.3. The Labute approximate surface area is 165 Å². The molecule has 1 amide bonds.